The van der Waals surface area contributed by atoms with Crippen molar-refractivity contribution in [1.29, 1.82) is 0 Å². The van der Waals surface area contributed by atoms with Gasteiger partial charge in [0.2, 0.25) is 0 Å². The summed E-state index contributed by atoms with van der Waals surface area (Å²) in [6.07, 6.45) is -3.25. The number of carbonyl (C=O) groups is 2. The Morgan fingerprint density at radius 2 is 1.79 bits per heavy atom. The fourth-order valence-electron chi connectivity index (χ4n) is 2.27. The molecule has 8 nitrogen and oxygen atoms in total. The van der Waals surface area contributed by atoms with Gasteiger partial charge in [-0.1, -0.05) is 12.1 Å². The molecule has 3 rings (SSSR count). The molecule has 0 unspecified atom stereocenters. The number of alkyl halides is 3. The molecular weight excluding hydrogens is 379 g/mol. The number of carbonyl (C=O) groups excluding carboxylic acids is 2. The highest BCUT2D eigenvalue weighted by atomic mass is 19.4. The number of para-hydroxylation sites is 1. The van der Waals surface area contributed by atoms with Crippen molar-refractivity contribution in [1.82, 2.24) is 20.2 Å². The Bertz CT molecular complexity index is 972. The molecule has 1 heterocycles. The van der Waals surface area contributed by atoms with Gasteiger partial charge in [-0.05, 0) is 46.8 Å². The monoisotopic (exact) mass is 391 g/mol. The van der Waals surface area contributed by atoms with Crippen LogP contribution in [0.4, 0.5) is 18.9 Å². The molecule has 0 aliphatic heterocycles. The summed E-state index contributed by atoms with van der Waals surface area (Å²) in [5.41, 5.74) is -0.655. The minimum atomic E-state index is -4.62. The van der Waals surface area contributed by atoms with Gasteiger partial charge in [0.1, 0.15) is 6.33 Å². The molecule has 0 radical (unpaired) electrons. The van der Waals surface area contributed by atoms with Gasteiger partial charge in [-0.3, -0.25) is 4.79 Å². The van der Waals surface area contributed by atoms with E-state index in [9.17, 15) is 22.8 Å². The van der Waals surface area contributed by atoms with Gasteiger partial charge in [-0.25, -0.2) is 9.48 Å². The Labute approximate surface area is 155 Å². The lowest BCUT2D eigenvalue weighted by Gasteiger charge is -2.13. The van der Waals surface area contributed by atoms with Crippen molar-refractivity contribution in [3.05, 3.63) is 66.0 Å². The summed E-state index contributed by atoms with van der Waals surface area (Å²) in [6, 6.07) is 10.5. The molecule has 144 valence electrons. The molecule has 0 aliphatic carbocycles. The van der Waals surface area contributed by atoms with Crippen LogP contribution in [0, 0.1) is 0 Å². The van der Waals surface area contributed by atoms with Crippen LogP contribution in [0.15, 0.2) is 54.9 Å². The average molecular weight is 391 g/mol. The fraction of sp³-hybridized carbons (Fsp3) is 0.118. The number of nitrogens with one attached hydrogen (secondary N) is 1. The van der Waals surface area contributed by atoms with E-state index in [1.165, 1.54) is 35.3 Å². The highest BCUT2D eigenvalue weighted by Gasteiger charge is 2.33. The number of amides is 1. The van der Waals surface area contributed by atoms with Crippen molar-refractivity contribution < 1.29 is 27.5 Å². The third-order valence-electron chi connectivity index (χ3n) is 3.56. The summed E-state index contributed by atoms with van der Waals surface area (Å²) < 4.78 is 45.0. The highest BCUT2D eigenvalue weighted by Crippen LogP contribution is 2.34. The zero-order chi connectivity index (χ0) is 20.1. The van der Waals surface area contributed by atoms with Crippen molar-refractivity contribution in [3.63, 3.8) is 0 Å². The SMILES string of the molecule is O=C(COC(=O)c1ccc(-n2cnnn2)cc1)Nc1ccccc1C(F)(F)F. The van der Waals surface area contributed by atoms with Crippen LogP contribution >= 0.6 is 0 Å². The Morgan fingerprint density at radius 3 is 2.43 bits per heavy atom. The lowest BCUT2D eigenvalue weighted by molar-refractivity contribution is -0.137. The number of aromatic nitrogens is 4. The van der Waals surface area contributed by atoms with E-state index in [1.807, 2.05) is 0 Å². The molecule has 0 bridgehead atoms. The fourth-order valence-corrected chi connectivity index (χ4v) is 2.27. The average Bonchev–Trinajstić information content (AvgIpc) is 3.20. The molecule has 0 aliphatic rings. The van der Waals surface area contributed by atoms with Crippen LogP contribution in [0.5, 0.6) is 0 Å². The van der Waals surface area contributed by atoms with Crippen molar-refractivity contribution in [2.75, 3.05) is 11.9 Å². The van der Waals surface area contributed by atoms with Crippen molar-refractivity contribution in [3.8, 4) is 5.69 Å². The van der Waals surface area contributed by atoms with E-state index in [1.54, 1.807) is 12.1 Å². The standard InChI is InChI=1S/C17H12F3N5O3/c18-17(19,20)13-3-1-2-4-14(13)22-15(26)9-28-16(27)11-5-7-12(8-6-11)25-10-21-23-24-25/h1-8,10H,9H2,(H,22,26). The van der Waals surface area contributed by atoms with E-state index in [2.05, 4.69) is 20.8 Å². The number of rotatable bonds is 5. The van der Waals surface area contributed by atoms with Gasteiger partial charge < -0.3 is 10.1 Å². The number of esters is 1. The van der Waals surface area contributed by atoms with Gasteiger partial charge in [-0.15, -0.1) is 5.10 Å². The number of halogens is 3. The molecule has 11 heteroatoms. The maximum atomic E-state index is 12.9. The molecule has 0 saturated heterocycles. The molecule has 1 amide bonds. The second-order valence-electron chi connectivity index (χ2n) is 5.47. The topological polar surface area (TPSA) is 99.0 Å². The number of hydrogen-bond donors (Lipinski definition) is 1. The number of anilines is 1. The van der Waals surface area contributed by atoms with Crippen LogP contribution in [0.1, 0.15) is 15.9 Å². The third kappa shape index (κ3) is 4.50. The first kappa shape index (κ1) is 19.0. The van der Waals surface area contributed by atoms with Crippen LogP contribution in [0.25, 0.3) is 5.69 Å². The number of benzene rings is 2. The van der Waals surface area contributed by atoms with Crippen LogP contribution in [-0.2, 0) is 15.7 Å². The summed E-state index contributed by atoms with van der Waals surface area (Å²) in [7, 11) is 0. The number of hydrogen-bond acceptors (Lipinski definition) is 6. The predicted octanol–water partition coefficient (Wildman–Crippen LogP) is 2.48. The molecule has 2 aromatic carbocycles. The Morgan fingerprint density at radius 1 is 1.07 bits per heavy atom. The first-order chi connectivity index (χ1) is 13.3. The molecule has 0 fully saturated rings. The second-order valence-corrected chi connectivity index (χ2v) is 5.47. The van der Waals surface area contributed by atoms with Gasteiger partial charge >= 0.3 is 12.1 Å². The summed E-state index contributed by atoms with van der Waals surface area (Å²) in [5.74, 6) is -1.70. The predicted molar refractivity (Wildman–Crippen MR) is 89.5 cm³/mol. The summed E-state index contributed by atoms with van der Waals surface area (Å²) in [5, 5.41) is 12.8. The van der Waals surface area contributed by atoms with Crippen LogP contribution in [0.2, 0.25) is 0 Å². The van der Waals surface area contributed by atoms with Crippen molar-refractivity contribution in [2.45, 2.75) is 6.18 Å². The zero-order valence-electron chi connectivity index (χ0n) is 14.1. The maximum absolute atomic E-state index is 12.9. The molecule has 1 N–H and O–H groups in total. The quantitative estimate of drug-likeness (QED) is 0.671. The number of tetrazole rings is 1. The van der Waals surface area contributed by atoms with Gasteiger partial charge in [-0.2, -0.15) is 13.2 Å². The van der Waals surface area contributed by atoms with E-state index in [0.29, 0.717) is 5.69 Å². The molecule has 0 atom stereocenters. The molecule has 28 heavy (non-hydrogen) atoms. The van der Waals surface area contributed by atoms with E-state index < -0.39 is 35.9 Å². The minimum absolute atomic E-state index is 0.153. The van der Waals surface area contributed by atoms with Gasteiger partial charge in [0.15, 0.2) is 6.61 Å². The van der Waals surface area contributed by atoms with Gasteiger partial charge in [0.25, 0.3) is 5.91 Å². The summed E-state index contributed by atoms with van der Waals surface area (Å²) >= 11 is 0. The zero-order valence-corrected chi connectivity index (χ0v) is 14.1. The Kier molecular flexibility index (Phi) is 5.34. The normalized spacial score (nSPS) is 11.1. The molecule has 1 aromatic heterocycles. The van der Waals surface area contributed by atoms with Crippen molar-refractivity contribution in [2.24, 2.45) is 0 Å². The van der Waals surface area contributed by atoms with Crippen LogP contribution in [-0.4, -0.2) is 38.7 Å². The number of nitrogens with zero attached hydrogens (tertiary/aromatic N) is 4. The lowest BCUT2D eigenvalue weighted by atomic mass is 10.1. The smallest absolute Gasteiger partial charge is 0.418 e. The Hall–Kier alpha value is -3.76. The lowest BCUT2D eigenvalue weighted by Crippen LogP contribution is -2.22. The van der Waals surface area contributed by atoms with E-state index >= 15 is 0 Å². The van der Waals surface area contributed by atoms with E-state index in [-0.39, 0.29) is 5.56 Å². The molecule has 0 spiro atoms. The minimum Gasteiger partial charge on any atom is -0.452 e. The van der Waals surface area contributed by atoms with Crippen molar-refractivity contribution >= 4 is 17.6 Å². The third-order valence-corrected chi connectivity index (χ3v) is 3.56. The van der Waals surface area contributed by atoms with Gasteiger partial charge in [0, 0.05) is 0 Å². The van der Waals surface area contributed by atoms with Gasteiger partial charge in [0.05, 0.1) is 22.5 Å². The summed E-state index contributed by atoms with van der Waals surface area (Å²) in [6.45, 7) is -0.736. The summed E-state index contributed by atoms with van der Waals surface area (Å²) in [4.78, 5) is 23.9. The first-order valence-electron chi connectivity index (χ1n) is 7.81. The highest BCUT2D eigenvalue weighted by molar-refractivity contribution is 5.96. The maximum Gasteiger partial charge on any atom is 0.418 e. The number of ether oxygens (including phenoxy) is 1. The molecule has 0 saturated carbocycles. The van der Waals surface area contributed by atoms with E-state index in [4.69, 9.17) is 4.74 Å². The second kappa shape index (κ2) is 7.86. The molecule has 3 aromatic rings. The largest absolute Gasteiger partial charge is 0.452 e. The van der Waals surface area contributed by atoms with Crippen LogP contribution < -0.4 is 5.32 Å². The first-order valence-corrected chi connectivity index (χ1v) is 7.81. The van der Waals surface area contributed by atoms with Crippen LogP contribution in [0.3, 0.4) is 0 Å². The van der Waals surface area contributed by atoms with E-state index in [0.717, 1.165) is 12.1 Å². The molecular formula is C17H12F3N5O3. The Balaban J connectivity index is 1.58.